The molecule has 0 radical (unpaired) electrons. The molecule has 2 rings (SSSR count). The van der Waals surface area contributed by atoms with Crippen molar-refractivity contribution in [1.29, 1.82) is 0 Å². The highest BCUT2D eigenvalue weighted by Crippen LogP contribution is 2.29. The minimum atomic E-state index is -4.35. The molecule has 0 fully saturated rings. The third-order valence-electron chi connectivity index (χ3n) is 2.97. The second-order valence-corrected chi connectivity index (χ2v) is 4.64. The fourth-order valence-electron chi connectivity index (χ4n) is 1.84. The molecule has 0 aliphatic heterocycles. The number of aldehydes is 1. The van der Waals surface area contributed by atoms with Crippen molar-refractivity contribution in [3.63, 3.8) is 0 Å². The number of hydrogen-bond donors (Lipinski definition) is 0. The smallest absolute Gasteiger partial charge is 0.416 e. The number of carbonyl (C=O) groups is 1. The normalized spacial score (nSPS) is 11.2. The average Bonchev–Trinajstić information content (AvgIpc) is 2.45. The number of carbonyl (C=O) groups excluding carboxylic acids is 1. The largest absolute Gasteiger partial charge is 0.488 e. The Hall–Kier alpha value is -2.30. The van der Waals surface area contributed by atoms with Crippen LogP contribution in [0.15, 0.2) is 42.5 Å². The number of hydrogen-bond acceptors (Lipinski definition) is 2. The Morgan fingerprint density at radius 2 is 1.76 bits per heavy atom. The van der Waals surface area contributed by atoms with Crippen molar-refractivity contribution in [2.75, 3.05) is 0 Å². The molecule has 0 unspecified atom stereocenters. The van der Waals surface area contributed by atoms with Gasteiger partial charge >= 0.3 is 6.18 Å². The Labute approximate surface area is 120 Å². The predicted molar refractivity (Wildman–Crippen MR) is 72.3 cm³/mol. The molecule has 5 heteroatoms. The molecule has 2 nitrogen and oxygen atoms in total. The first-order chi connectivity index (χ1) is 9.90. The van der Waals surface area contributed by atoms with Crippen molar-refractivity contribution in [3.05, 3.63) is 64.7 Å². The molecule has 0 N–H and O–H groups in total. The molecular formula is C16H13F3O2. The zero-order valence-electron chi connectivity index (χ0n) is 11.3. The van der Waals surface area contributed by atoms with Crippen LogP contribution in [0.4, 0.5) is 13.2 Å². The van der Waals surface area contributed by atoms with Gasteiger partial charge in [0.2, 0.25) is 0 Å². The van der Waals surface area contributed by atoms with Crippen LogP contribution < -0.4 is 4.74 Å². The van der Waals surface area contributed by atoms with Crippen molar-refractivity contribution in [1.82, 2.24) is 0 Å². The fourth-order valence-corrected chi connectivity index (χ4v) is 1.84. The summed E-state index contributed by atoms with van der Waals surface area (Å²) in [5.41, 5.74) is 1.25. The van der Waals surface area contributed by atoms with E-state index in [9.17, 15) is 18.0 Å². The molecule has 0 spiro atoms. The highest BCUT2D eigenvalue weighted by Gasteiger charge is 2.29. The van der Waals surface area contributed by atoms with Crippen molar-refractivity contribution in [3.8, 4) is 5.75 Å². The number of halogens is 3. The van der Waals surface area contributed by atoms with E-state index in [0.29, 0.717) is 23.2 Å². The molecule has 0 aromatic heterocycles. The number of aryl methyl sites for hydroxylation is 1. The van der Waals surface area contributed by atoms with Gasteiger partial charge in [-0.3, -0.25) is 4.79 Å². The Morgan fingerprint density at radius 1 is 1.10 bits per heavy atom. The van der Waals surface area contributed by atoms with Crippen LogP contribution in [0.2, 0.25) is 0 Å². The number of ether oxygens (including phenoxy) is 1. The van der Waals surface area contributed by atoms with Crippen molar-refractivity contribution >= 4 is 6.29 Å². The second kappa shape index (κ2) is 5.99. The van der Waals surface area contributed by atoms with E-state index in [2.05, 4.69) is 0 Å². The lowest BCUT2D eigenvalue weighted by atomic mass is 10.1. The lowest BCUT2D eigenvalue weighted by Crippen LogP contribution is -2.05. The number of benzene rings is 2. The Kier molecular flexibility index (Phi) is 4.31. The molecule has 0 aliphatic carbocycles. The van der Waals surface area contributed by atoms with Crippen LogP contribution in [-0.2, 0) is 12.8 Å². The third kappa shape index (κ3) is 3.84. The zero-order chi connectivity index (χ0) is 15.5. The molecule has 0 heterocycles. The molecule has 0 saturated heterocycles. The van der Waals surface area contributed by atoms with Crippen LogP contribution in [0.25, 0.3) is 0 Å². The van der Waals surface area contributed by atoms with Gasteiger partial charge in [0.25, 0.3) is 0 Å². The summed E-state index contributed by atoms with van der Waals surface area (Å²) in [6.45, 7) is 1.95. The van der Waals surface area contributed by atoms with Crippen LogP contribution in [0.5, 0.6) is 5.75 Å². The summed E-state index contributed by atoms with van der Waals surface area (Å²) < 4.78 is 42.8. The third-order valence-corrected chi connectivity index (χ3v) is 2.97. The summed E-state index contributed by atoms with van der Waals surface area (Å²) in [6, 6.07) is 9.89. The highest BCUT2D eigenvalue weighted by atomic mass is 19.4. The van der Waals surface area contributed by atoms with Gasteiger partial charge in [0.05, 0.1) is 11.1 Å². The summed E-state index contributed by atoms with van der Waals surface area (Å²) in [5, 5.41) is 0. The number of rotatable bonds is 4. The molecule has 110 valence electrons. The van der Waals surface area contributed by atoms with Crippen molar-refractivity contribution in [2.45, 2.75) is 19.7 Å². The van der Waals surface area contributed by atoms with E-state index in [1.807, 2.05) is 6.92 Å². The molecular weight excluding hydrogens is 281 g/mol. The van der Waals surface area contributed by atoms with E-state index in [-0.39, 0.29) is 6.61 Å². The van der Waals surface area contributed by atoms with Crippen LogP contribution in [0.1, 0.15) is 27.0 Å². The van der Waals surface area contributed by atoms with Crippen molar-refractivity contribution in [2.24, 2.45) is 0 Å². The summed E-state index contributed by atoms with van der Waals surface area (Å²) >= 11 is 0. The topological polar surface area (TPSA) is 26.3 Å². The van der Waals surface area contributed by atoms with Crippen molar-refractivity contribution < 1.29 is 22.7 Å². The van der Waals surface area contributed by atoms with E-state index in [4.69, 9.17) is 4.74 Å². The van der Waals surface area contributed by atoms with Gasteiger partial charge in [0, 0.05) is 0 Å². The fraction of sp³-hybridized carbons (Fsp3) is 0.188. The maximum atomic E-state index is 12.4. The SMILES string of the molecule is Cc1ccc(OCc2ccc(C(F)(F)F)cc2)c(C=O)c1. The summed E-state index contributed by atoms with van der Waals surface area (Å²) in [5.74, 6) is 0.412. The lowest BCUT2D eigenvalue weighted by Gasteiger charge is -2.10. The van der Waals surface area contributed by atoms with Gasteiger partial charge in [-0.25, -0.2) is 0 Å². The first-order valence-electron chi connectivity index (χ1n) is 6.25. The molecule has 2 aromatic rings. The Bertz CT molecular complexity index is 631. The van der Waals surface area contributed by atoms with Gasteiger partial charge in [-0.2, -0.15) is 13.2 Å². The van der Waals surface area contributed by atoms with Gasteiger partial charge in [-0.05, 0) is 36.8 Å². The lowest BCUT2D eigenvalue weighted by molar-refractivity contribution is -0.137. The molecule has 21 heavy (non-hydrogen) atoms. The predicted octanol–water partition coefficient (Wildman–Crippen LogP) is 4.41. The monoisotopic (exact) mass is 294 g/mol. The highest BCUT2D eigenvalue weighted by molar-refractivity contribution is 5.79. The van der Waals surface area contributed by atoms with Gasteiger partial charge in [0.15, 0.2) is 6.29 Å². The maximum Gasteiger partial charge on any atom is 0.416 e. The minimum Gasteiger partial charge on any atom is -0.488 e. The van der Waals surface area contributed by atoms with Crippen LogP contribution in [0, 0.1) is 6.92 Å². The molecule has 0 bridgehead atoms. The second-order valence-electron chi connectivity index (χ2n) is 4.64. The maximum absolute atomic E-state index is 12.4. The Balaban J connectivity index is 2.08. The molecule has 0 atom stereocenters. The van der Waals surface area contributed by atoms with Crippen LogP contribution in [-0.4, -0.2) is 6.29 Å². The molecule has 0 saturated carbocycles. The summed E-state index contributed by atoms with van der Waals surface area (Å²) in [7, 11) is 0. The Morgan fingerprint density at radius 3 is 2.33 bits per heavy atom. The van der Waals surface area contributed by atoms with Gasteiger partial charge in [-0.15, -0.1) is 0 Å². The first-order valence-corrected chi connectivity index (χ1v) is 6.25. The molecule has 0 aliphatic rings. The molecule has 0 amide bonds. The standard InChI is InChI=1S/C16H13F3O2/c1-11-2-7-15(13(8-11)9-20)21-10-12-3-5-14(6-4-12)16(17,18)19/h2-9H,10H2,1H3. The zero-order valence-corrected chi connectivity index (χ0v) is 11.3. The van der Waals surface area contributed by atoms with Crippen LogP contribution in [0.3, 0.4) is 0 Å². The van der Waals surface area contributed by atoms with E-state index in [1.54, 1.807) is 18.2 Å². The summed E-state index contributed by atoms with van der Waals surface area (Å²) in [6.07, 6.45) is -3.66. The van der Waals surface area contributed by atoms with E-state index in [0.717, 1.165) is 17.7 Å². The van der Waals surface area contributed by atoms with E-state index in [1.165, 1.54) is 12.1 Å². The quantitative estimate of drug-likeness (QED) is 0.781. The molecule has 2 aromatic carbocycles. The number of alkyl halides is 3. The van der Waals surface area contributed by atoms with E-state index < -0.39 is 11.7 Å². The average molecular weight is 294 g/mol. The van der Waals surface area contributed by atoms with Crippen LogP contribution >= 0.6 is 0 Å². The van der Waals surface area contributed by atoms with Gasteiger partial charge in [0.1, 0.15) is 12.4 Å². The minimum absolute atomic E-state index is 0.0992. The van der Waals surface area contributed by atoms with Gasteiger partial charge < -0.3 is 4.74 Å². The van der Waals surface area contributed by atoms with E-state index >= 15 is 0 Å². The van der Waals surface area contributed by atoms with Gasteiger partial charge in [-0.1, -0.05) is 23.8 Å². The first kappa shape index (κ1) is 15.1. The summed E-state index contributed by atoms with van der Waals surface area (Å²) in [4.78, 5) is 10.9.